The first kappa shape index (κ1) is 27.2. The van der Waals surface area contributed by atoms with Gasteiger partial charge in [-0.1, -0.05) is 0 Å². The average Bonchev–Trinajstić information content (AvgIpc) is 3.32. The second-order valence-corrected chi connectivity index (χ2v) is 8.72. The van der Waals surface area contributed by atoms with Crippen LogP contribution in [0.4, 0.5) is 33.6 Å². The molecule has 4 N–H and O–H groups in total. The number of amides is 2. The Labute approximate surface area is 235 Å². The van der Waals surface area contributed by atoms with Crippen molar-refractivity contribution in [3.63, 3.8) is 0 Å². The molecule has 5 rings (SSSR count). The largest absolute Gasteiger partial charge is 0.489 e. The molecule has 5 aromatic rings. The van der Waals surface area contributed by atoms with Crippen molar-refractivity contribution < 1.29 is 14.3 Å². The minimum Gasteiger partial charge on any atom is -0.489 e. The lowest BCUT2D eigenvalue weighted by Crippen LogP contribution is -2.28. The summed E-state index contributed by atoms with van der Waals surface area (Å²) in [5, 5.41) is 24.7. The predicted molar refractivity (Wildman–Crippen MR) is 154 cm³/mol. The van der Waals surface area contributed by atoms with Gasteiger partial charge in [0.1, 0.15) is 29.7 Å². The smallest absolute Gasteiger partial charge is 0.319 e. The highest BCUT2D eigenvalue weighted by Gasteiger charge is 2.19. The number of methoxy groups -OCH3 is 1. The van der Waals surface area contributed by atoms with Crippen molar-refractivity contribution in [3.05, 3.63) is 66.7 Å². The lowest BCUT2D eigenvalue weighted by molar-refractivity contribution is 0.146. The Kier molecular flexibility index (Phi) is 8.40. The van der Waals surface area contributed by atoms with Gasteiger partial charge in [0.05, 0.1) is 18.5 Å². The summed E-state index contributed by atoms with van der Waals surface area (Å²) in [5.74, 6) is 2.59. The van der Waals surface area contributed by atoms with Crippen molar-refractivity contribution in [1.82, 2.24) is 40.1 Å². The molecule has 41 heavy (non-hydrogen) atoms. The molecule has 0 bridgehead atoms. The van der Waals surface area contributed by atoms with Gasteiger partial charge in [-0.25, -0.2) is 24.3 Å². The van der Waals surface area contributed by atoms with Crippen LogP contribution in [0.15, 0.2) is 60.9 Å². The molecule has 14 heteroatoms. The molecule has 0 unspecified atom stereocenters. The second-order valence-electron chi connectivity index (χ2n) is 8.72. The Balaban J connectivity index is 1.43. The topological polar surface area (TPSA) is 165 Å². The molecule has 2 amide bonds. The highest BCUT2D eigenvalue weighted by molar-refractivity contribution is 5.89. The lowest BCUT2D eigenvalue weighted by atomic mass is 10.2. The maximum atomic E-state index is 11.8. The van der Waals surface area contributed by atoms with Gasteiger partial charge in [0, 0.05) is 43.4 Å². The monoisotopic (exact) mass is 555 g/mol. The summed E-state index contributed by atoms with van der Waals surface area (Å²) in [6.07, 6.45) is 3.21. The molecule has 0 saturated carbocycles. The highest BCUT2D eigenvalue weighted by Crippen LogP contribution is 2.31. The maximum absolute atomic E-state index is 11.8. The maximum Gasteiger partial charge on any atom is 0.319 e. The SMILES string of the molecule is CCNC(=O)Nc1ccc(Nc2nc3cccnn3c2-c2cc(Nc3cc(OCCOC)cnn3)nc(C)n2)cc1. The number of imidazole rings is 1. The van der Waals surface area contributed by atoms with E-state index in [0.717, 1.165) is 5.69 Å². The Morgan fingerprint density at radius 3 is 2.61 bits per heavy atom. The highest BCUT2D eigenvalue weighted by atomic mass is 16.5. The number of urea groups is 1. The third kappa shape index (κ3) is 6.80. The number of aryl methyl sites for hydroxylation is 1. The normalized spacial score (nSPS) is 10.8. The van der Waals surface area contributed by atoms with Gasteiger partial charge in [-0.3, -0.25) is 0 Å². The van der Waals surface area contributed by atoms with Crippen LogP contribution in [-0.4, -0.2) is 67.7 Å². The van der Waals surface area contributed by atoms with Crippen LogP contribution in [0.25, 0.3) is 17.0 Å². The number of rotatable bonds is 11. The van der Waals surface area contributed by atoms with Crippen LogP contribution < -0.4 is 26.0 Å². The van der Waals surface area contributed by atoms with E-state index >= 15 is 0 Å². The summed E-state index contributed by atoms with van der Waals surface area (Å²) in [7, 11) is 1.61. The van der Waals surface area contributed by atoms with Crippen molar-refractivity contribution in [2.45, 2.75) is 13.8 Å². The molecule has 0 spiro atoms. The molecule has 0 radical (unpaired) electrons. The number of hydrogen-bond donors (Lipinski definition) is 4. The van der Waals surface area contributed by atoms with Gasteiger partial charge < -0.3 is 30.7 Å². The summed E-state index contributed by atoms with van der Waals surface area (Å²) in [5.41, 5.74) is 3.29. The van der Waals surface area contributed by atoms with E-state index in [4.69, 9.17) is 14.5 Å². The number of benzene rings is 1. The Morgan fingerprint density at radius 2 is 1.80 bits per heavy atom. The number of fused-ring (bicyclic) bond motifs is 1. The zero-order valence-electron chi connectivity index (χ0n) is 22.8. The van der Waals surface area contributed by atoms with Gasteiger partial charge >= 0.3 is 6.03 Å². The first-order valence-corrected chi connectivity index (χ1v) is 12.9. The van der Waals surface area contributed by atoms with Crippen molar-refractivity contribution in [2.24, 2.45) is 0 Å². The molecule has 4 heterocycles. The summed E-state index contributed by atoms with van der Waals surface area (Å²) < 4.78 is 12.4. The molecular formula is C27H29N11O3. The number of nitrogens with one attached hydrogen (secondary N) is 4. The number of carbonyl (C=O) groups excluding carboxylic acids is 1. The summed E-state index contributed by atoms with van der Waals surface area (Å²) in [6.45, 7) is 5.05. The van der Waals surface area contributed by atoms with Gasteiger partial charge in [-0.2, -0.15) is 10.2 Å². The average molecular weight is 556 g/mol. The predicted octanol–water partition coefficient (Wildman–Crippen LogP) is 3.94. The fraction of sp³-hybridized carbons (Fsp3) is 0.222. The molecular weight excluding hydrogens is 526 g/mol. The van der Waals surface area contributed by atoms with E-state index in [9.17, 15) is 4.79 Å². The molecule has 4 aromatic heterocycles. The van der Waals surface area contributed by atoms with Gasteiger partial charge in [0.25, 0.3) is 0 Å². The van der Waals surface area contributed by atoms with Crippen molar-refractivity contribution in [2.75, 3.05) is 42.8 Å². The Morgan fingerprint density at radius 1 is 0.976 bits per heavy atom. The third-order valence-corrected chi connectivity index (χ3v) is 5.66. The van der Waals surface area contributed by atoms with Crippen LogP contribution in [0.5, 0.6) is 5.75 Å². The van der Waals surface area contributed by atoms with Crippen molar-refractivity contribution in [1.29, 1.82) is 0 Å². The number of nitrogens with zero attached hydrogens (tertiary/aromatic N) is 7. The number of aromatic nitrogens is 7. The second kappa shape index (κ2) is 12.7. The van der Waals surface area contributed by atoms with E-state index < -0.39 is 0 Å². The molecule has 0 atom stereocenters. The van der Waals surface area contributed by atoms with Crippen LogP contribution in [0.1, 0.15) is 12.7 Å². The molecule has 0 saturated heterocycles. The number of ether oxygens (including phenoxy) is 2. The summed E-state index contributed by atoms with van der Waals surface area (Å²) >= 11 is 0. The molecule has 0 fully saturated rings. The third-order valence-electron chi connectivity index (χ3n) is 5.66. The molecule has 14 nitrogen and oxygen atoms in total. The van der Waals surface area contributed by atoms with Crippen molar-refractivity contribution >= 4 is 40.5 Å². The van der Waals surface area contributed by atoms with Gasteiger partial charge in [-0.15, -0.1) is 5.10 Å². The van der Waals surface area contributed by atoms with Gasteiger partial charge in [0.15, 0.2) is 17.3 Å². The van der Waals surface area contributed by atoms with Crippen LogP contribution in [0, 0.1) is 6.92 Å². The molecule has 0 aliphatic heterocycles. The fourth-order valence-corrected chi connectivity index (χ4v) is 3.93. The number of carbonyl (C=O) groups is 1. The lowest BCUT2D eigenvalue weighted by Gasteiger charge is -2.11. The quantitative estimate of drug-likeness (QED) is 0.174. The Hall–Kier alpha value is -5.37. The van der Waals surface area contributed by atoms with E-state index in [1.165, 1.54) is 6.20 Å². The number of anilines is 5. The van der Waals surface area contributed by atoms with Crippen LogP contribution in [0.2, 0.25) is 0 Å². The fourth-order valence-electron chi connectivity index (χ4n) is 3.93. The van der Waals surface area contributed by atoms with Crippen molar-refractivity contribution in [3.8, 4) is 17.1 Å². The molecule has 1 aromatic carbocycles. The molecule has 210 valence electrons. The van der Waals surface area contributed by atoms with E-state index in [1.807, 2.05) is 31.2 Å². The Bertz CT molecular complexity index is 1640. The van der Waals surface area contributed by atoms with E-state index in [-0.39, 0.29) is 6.03 Å². The van der Waals surface area contributed by atoms with Gasteiger partial charge in [-0.05, 0) is 50.2 Å². The summed E-state index contributed by atoms with van der Waals surface area (Å²) in [6, 6.07) is 14.2. The van der Waals surface area contributed by atoms with E-state index in [2.05, 4.69) is 46.5 Å². The van der Waals surface area contributed by atoms with Crippen LogP contribution in [-0.2, 0) is 4.74 Å². The minimum atomic E-state index is -0.262. The molecule has 0 aliphatic rings. The van der Waals surface area contributed by atoms with Crippen LogP contribution in [0.3, 0.4) is 0 Å². The van der Waals surface area contributed by atoms with E-state index in [0.29, 0.717) is 71.5 Å². The first-order chi connectivity index (χ1) is 20.0. The van der Waals surface area contributed by atoms with Gasteiger partial charge in [0.2, 0.25) is 0 Å². The van der Waals surface area contributed by atoms with E-state index in [1.54, 1.807) is 49.0 Å². The standard InChI is InChI=1S/C27H29N11O3/c1-4-28-27(39)34-19-9-7-18(8-10-19)33-26-25(38-24(36-26)6-5-11-30-38)21-15-22(32-17(2)31-21)35-23-14-20(16-29-37-23)41-13-12-40-3/h5-11,14-16,33H,4,12-13H2,1-3H3,(H2,28,34,39)(H,31,32,35,37). The summed E-state index contributed by atoms with van der Waals surface area (Å²) in [4.78, 5) is 25.8. The zero-order chi connectivity index (χ0) is 28.6. The van der Waals surface area contributed by atoms with Crippen LogP contribution >= 0.6 is 0 Å². The number of hydrogen-bond acceptors (Lipinski definition) is 11. The minimum absolute atomic E-state index is 0.262. The molecule has 0 aliphatic carbocycles. The first-order valence-electron chi connectivity index (χ1n) is 12.9. The zero-order valence-corrected chi connectivity index (χ0v) is 22.8.